The Morgan fingerprint density at radius 2 is 2.11 bits per heavy atom. The lowest BCUT2D eigenvalue weighted by atomic mass is 10.0. The normalized spacial score (nSPS) is 13.3. The zero-order chi connectivity index (χ0) is 13.5. The molecule has 0 aliphatic rings. The second-order valence-corrected chi connectivity index (χ2v) is 4.28. The van der Waals surface area contributed by atoms with E-state index in [1.54, 1.807) is 0 Å². The Morgan fingerprint density at radius 1 is 1.39 bits per heavy atom. The van der Waals surface area contributed by atoms with Crippen LogP contribution in [0.3, 0.4) is 0 Å². The van der Waals surface area contributed by atoms with Gasteiger partial charge in [-0.05, 0) is 12.5 Å². The van der Waals surface area contributed by atoms with Gasteiger partial charge >= 0.3 is 0 Å². The van der Waals surface area contributed by atoms with Gasteiger partial charge < -0.3 is 10.8 Å². The van der Waals surface area contributed by atoms with Gasteiger partial charge in [0.25, 0.3) is 6.43 Å². The molecule has 5 heteroatoms. The molecule has 1 atom stereocenters. The summed E-state index contributed by atoms with van der Waals surface area (Å²) in [6, 6.07) is 7.35. The Hall–Kier alpha value is -1.04. The van der Waals surface area contributed by atoms with Gasteiger partial charge in [-0.25, -0.2) is 8.78 Å². The second kappa shape index (κ2) is 7.41. The Kier molecular flexibility index (Phi) is 6.18. The van der Waals surface area contributed by atoms with Crippen LogP contribution in [0.4, 0.5) is 8.78 Å². The monoisotopic (exact) mass is 258 g/mol. The number of nitrogens with zero attached hydrogens (tertiary/aromatic N) is 1. The fourth-order valence-electron chi connectivity index (χ4n) is 2.05. The summed E-state index contributed by atoms with van der Waals surface area (Å²) in [6.45, 7) is 1.85. The second-order valence-electron chi connectivity index (χ2n) is 4.28. The SMILES string of the molecule is Cc1cccc(C(CN)N(CCO)CC(F)F)c1. The Morgan fingerprint density at radius 3 is 2.61 bits per heavy atom. The zero-order valence-corrected chi connectivity index (χ0v) is 10.5. The van der Waals surface area contributed by atoms with Crippen molar-refractivity contribution in [3.05, 3.63) is 35.4 Å². The van der Waals surface area contributed by atoms with E-state index in [2.05, 4.69) is 0 Å². The van der Waals surface area contributed by atoms with Gasteiger partial charge in [-0.15, -0.1) is 0 Å². The molecule has 3 nitrogen and oxygen atoms in total. The van der Waals surface area contributed by atoms with Crippen molar-refractivity contribution < 1.29 is 13.9 Å². The molecular formula is C13H20F2N2O. The minimum absolute atomic E-state index is 0.158. The number of nitrogens with two attached hydrogens (primary N) is 1. The molecule has 0 spiro atoms. The number of aliphatic hydroxyl groups excluding tert-OH is 1. The molecule has 1 aromatic carbocycles. The molecule has 0 aromatic heterocycles. The molecule has 0 amide bonds. The summed E-state index contributed by atoms with van der Waals surface area (Å²) in [5.41, 5.74) is 7.66. The third-order valence-corrected chi connectivity index (χ3v) is 2.85. The van der Waals surface area contributed by atoms with Crippen molar-refractivity contribution in [1.29, 1.82) is 0 Å². The summed E-state index contributed by atoms with van der Waals surface area (Å²) in [5.74, 6) is 0. The molecule has 0 aliphatic carbocycles. The van der Waals surface area contributed by atoms with Crippen molar-refractivity contribution in [3.8, 4) is 0 Å². The van der Waals surface area contributed by atoms with Crippen molar-refractivity contribution in [2.45, 2.75) is 19.4 Å². The summed E-state index contributed by atoms with van der Waals surface area (Å²) in [4.78, 5) is 1.53. The first kappa shape index (κ1) is 15.0. The molecule has 0 saturated heterocycles. The van der Waals surface area contributed by atoms with Gasteiger partial charge in [0.1, 0.15) is 0 Å². The van der Waals surface area contributed by atoms with Crippen LogP contribution in [0.2, 0.25) is 0 Å². The Bertz CT molecular complexity index is 361. The lowest BCUT2D eigenvalue weighted by Crippen LogP contribution is -2.38. The molecular weight excluding hydrogens is 238 g/mol. The predicted molar refractivity (Wildman–Crippen MR) is 67.6 cm³/mol. The first-order valence-electron chi connectivity index (χ1n) is 5.98. The van der Waals surface area contributed by atoms with Crippen LogP contribution in [0.15, 0.2) is 24.3 Å². The van der Waals surface area contributed by atoms with Crippen molar-refractivity contribution in [2.24, 2.45) is 5.73 Å². The molecule has 0 saturated carbocycles. The van der Waals surface area contributed by atoms with Gasteiger partial charge in [-0.1, -0.05) is 29.8 Å². The molecule has 1 aromatic rings. The van der Waals surface area contributed by atoms with Crippen LogP contribution in [0.1, 0.15) is 17.2 Å². The van der Waals surface area contributed by atoms with Crippen molar-refractivity contribution in [1.82, 2.24) is 4.90 Å². The van der Waals surface area contributed by atoms with E-state index in [0.29, 0.717) is 0 Å². The highest BCUT2D eigenvalue weighted by molar-refractivity contribution is 5.25. The number of hydrogen-bond acceptors (Lipinski definition) is 3. The molecule has 102 valence electrons. The van der Waals surface area contributed by atoms with Gasteiger partial charge in [0, 0.05) is 19.1 Å². The van der Waals surface area contributed by atoms with Gasteiger partial charge in [0.2, 0.25) is 0 Å². The van der Waals surface area contributed by atoms with E-state index in [1.165, 1.54) is 4.90 Å². The maximum absolute atomic E-state index is 12.5. The summed E-state index contributed by atoms with van der Waals surface area (Å²) in [7, 11) is 0. The Balaban J connectivity index is 2.90. The van der Waals surface area contributed by atoms with E-state index in [-0.39, 0.29) is 32.3 Å². The Labute approximate surface area is 106 Å². The van der Waals surface area contributed by atoms with Crippen LogP contribution < -0.4 is 5.73 Å². The first-order valence-corrected chi connectivity index (χ1v) is 5.98. The van der Waals surface area contributed by atoms with E-state index in [4.69, 9.17) is 10.8 Å². The maximum Gasteiger partial charge on any atom is 0.251 e. The number of halogens is 2. The summed E-state index contributed by atoms with van der Waals surface area (Å²) in [6.07, 6.45) is -2.43. The van der Waals surface area contributed by atoms with E-state index >= 15 is 0 Å². The molecule has 0 radical (unpaired) electrons. The fraction of sp³-hybridized carbons (Fsp3) is 0.538. The molecule has 0 heterocycles. The number of rotatable bonds is 7. The highest BCUT2D eigenvalue weighted by Gasteiger charge is 2.21. The molecule has 3 N–H and O–H groups in total. The molecule has 0 aliphatic heterocycles. The number of alkyl halides is 2. The average Bonchev–Trinajstić information content (AvgIpc) is 2.29. The smallest absolute Gasteiger partial charge is 0.251 e. The van der Waals surface area contributed by atoms with Crippen molar-refractivity contribution >= 4 is 0 Å². The third-order valence-electron chi connectivity index (χ3n) is 2.85. The zero-order valence-electron chi connectivity index (χ0n) is 10.5. The molecule has 0 fully saturated rings. The number of aryl methyl sites for hydroxylation is 1. The average molecular weight is 258 g/mol. The van der Waals surface area contributed by atoms with Gasteiger partial charge in [-0.2, -0.15) is 0 Å². The fourth-order valence-corrected chi connectivity index (χ4v) is 2.05. The summed E-state index contributed by atoms with van der Waals surface area (Å²) >= 11 is 0. The van der Waals surface area contributed by atoms with Crippen LogP contribution in [0.5, 0.6) is 0 Å². The van der Waals surface area contributed by atoms with Gasteiger partial charge in [0.05, 0.1) is 13.2 Å². The van der Waals surface area contributed by atoms with E-state index in [9.17, 15) is 8.78 Å². The van der Waals surface area contributed by atoms with E-state index in [0.717, 1.165) is 11.1 Å². The minimum atomic E-state index is -2.43. The molecule has 1 unspecified atom stereocenters. The third kappa shape index (κ3) is 4.33. The standard InChI is InChI=1S/C13H20F2N2O/c1-10-3-2-4-11(7-10)12(8-16)17(5-6-18)9-13(14)15/h2-4,7,12-13,18H,5-6,8-9,16H2,1H3. The quantitative estimate of drug-likeness (QED) is 0.780. The van der Waals surface area contributed by atoms with Crippen LogP contribution in [-0.2, 0) is 0 Å². The van der Waals surface area contributed by atoms with Crippen LogP contribution in [-0.4, -0.2) is 42.7 Å². The van der Waals surface area contributed by atoms with Crippen LogP contribution in [0.25, 0.3) is 0 Å². The summed E-state index contributed by atoms with van der Waals surface area (Å²) < 4.78 is 25.1. The first-order chi connectivity index (χ1) is 8.58. The largest absolute Gasteiger partial charge is 0.395 e. The van der Waals surface area contributed by atoms with Crippen molar-refractivity contribution in [2.75, 3.05) is 26.2 Å². The van der Waals surface area contributed by atoms with E-state index < -0.39 is 6.43 Å². The number of hydrogen-bond donors (Lipinski definition) is 2. The van der Waals surface area contributed by atoms with Gasteiger partial charge in [0.15, 0.2) is 0 Å². The topological polar surface area (TPSA) is 49.5 Å². The van der Waals surface area contributed by atoms with Crippen LogP contribution in [0, 0.1) is 6.92 Å². The maximum atomic E-state index is 12.5. The van der Waals surface area contributed by atoms with Gasteiger partial charge in [-0.3, -0.25) is 4.90 Å². The molecule has 18 heavy (non-hydrogen) atoms. The van der Waals surface area contributed by atoms with Crippen LogP contribution >= 0.6 is 0 Å². The number of benzene rings is 1. The molecule has 0 bridgehead atoms. The highest BCUT2D eigenvalue weighted by Crippen LogP contribution is 2.21. The molecule has 1 rings (SSSR count). The minimum Gasteiger partial charge on any atom is -0.395 e. The highest BCUT2D eigenvalue weighted by atomic mass is 19.3. The van der Waals surface area contributed by atoms with E-state index in [1.807, 2.05) is 31.2 Å². The number of aliphatic hydroxyl groups is 1. The lowest BCUT2D eigenvalue weighted by molar-refractivity contribution is 0.0562. The predicted octanol–water partition coefficient (Wildman–Crippen LogP) is 1.55. The lowest BCUT2D eigenvalue weighted by Gasteiger charge is -2.30. The summed E-state index contributed by atoms with van der Waals surface area (Å²) in [5, 5.41) is 8.97. The van der Waals surface area contributed by atoms with Crippen molar-refractivity contribution in [3.63, 3.8) is 0 Å².